The van der Waals surface area contributed by atoms with Crippen molar-refractivity contribution >= 4 is 0 Å². The van der Waals surface area contributed by atoms with Gasteiger partial charge in [-0.3, -0.25) is 0 Å². The van der Waals surface area contributed by atoms with Gasteiger partial charge in [0, 0.05) is 12.8 Å². The first-order valence-corrected chi connectivity index (χ1v) is 10.4. The molecule has 0 aliphatic heterocycles. The van der Waals surface area contributed by atoms with E-state index in [0.29, 0.717) is 12.6 Å². The summed E-state index contributed by atoms with van der Waals surface area (Å²) in [5.41, 5.74) is 2.63. The molecule has 0 saturated carbocycles. The van der Waals surface area contributed by atoms with Gasteiger partial charge in [0.2, 0.25) is 0 Å². The summed E-state index contributed by atoms with van der Waals surface area (Å²) in [6, 6.07) is 17.5. The molecule has 2 aromatic carbocycles. The summed E-state index contributed by atoms with van der Waals surface area (Å²) in [6.07, 6.45) is 7.02. The summed E-state index contributed by atoms with van der Waals surface area (Å²) in [6.45, 7) is 6.37. The highest BCUT2D eigenvalue weighted by Crippen LogP contribution is 2.28. The minimum absolute atomic E-state index is 0. The first kappa shape index (κ1) is 24.3. The van der Waals surface area contributed by atoms with E-state index in [9.17, 15) is 0 Å². The topological polar surface area (TPSA) is 35.1 Å². The molecule has 156 valence electrons. The van der Waals surface area contributed by atoms with Crippen molar-refractivity contribution in [1.82, 2.24) is 0 Å². The molecule has 0 radical (unpaired) electrons. The number of quaternary nitrogens is 1. The van der Waals surface area contributed by atoms with Crippen molar-refractivity contribution in [2.24, 2.45) is 0 Å². The molecule has 1 atom stereocenters. The van der Waals surface area contributed by atoms with E-state index in [0.717, 1.165) is 24.3 Å². The van der Waals surface area contributed by atoms with Crippen molar-refractivity contribution < 1.29 is 27.2 Å². The van der Waals surface area contributed by atoms with Gasteiger partial charge < -0.3 is 27.2 Å². The third-order valence-electron chi connectivity index (χ3n) is 4.93. The Morgan fingerprint density at radius 3 is 2.39 bits per heavy atom. The van der Waals surface area contributed by atoms with Crippen molar-refractivity contribution in [2.45, 2.75) is 58.4 Å². The van der Waals surface area contributed by atoms with E-state index < -0.39 is 0 Å². The number of halogens is 1. The fourth-order valence-corrected chi connectivity index (χ4v) is 3.36. The first-order chi connectivity index (χ1) is 13.3. The van der Waals surface area contributed by atoms with Crippen LogP contribution in [0.1, 0.15) is 50.7 Å². The Hall–Kier alpha value is -1.71. The molecular formula is C24H36ClNO2. The fraction of sp³-hybridized carbons (Fsp3) is 0.500. The van der Waals surface area contributed by atoms with Crippen molar-refractivity contribution in [2.75, 3.05) is 20.3 Å². The van der Waals surface area contributed by atoms with E-state index in [2.05, 4.69) is 55.6 Å². The van der Waals surface area contributed by atoms with E-state index in [1.807, 2.05) is 12.1 Å². The van der Waals surface area contributed by atoms with Crippen molar-refractivity contribution in [1.29, 1.82) is 0 Å². The van der Waals surface area contributed by atoms with Crippen LogP contribution in [0, 0.1) is 0 Å². The Labute approximate surface area is 177 Å². The van der Waals surface area contributed by atoms with Crippen LogP contribution in [0.15, 0.2) is 48.5 Å². The van der Waals surface area contributed by atoms with E-state index in [4.69, 9.17) is 9.47 Å². The van der Waals surface area contributed by atoms with Gasteiger partial charge in [-0.2, -0.15) is 0 Å². The van der Waals surface area contributed by atoms with Crippen LogP contribution in [0.4, 0.5) is 0 Å². The summed E-state index contributed by atoms with van der Waals surface area (Å²) in [7, 11) is 1.71. The normalized spacial score (nSPS) is 11.5. The molecule has 0 aliphatic carbocycles. The van der Waals surface area contributed by atoms with E-state index >= 15 is 0 Å². The lowest BCUT2D eigenvalue weighted by atomic mass is 10.0. The van der Waals surface area contributed by atoms with E-state index in [1.165, 1.54) is 43.4 Å². The second kappa shape index (κ2) is 14.3. The van der Waals surface area contributed by atoms with Gasteiger partial charge in [-0.1, -0.05) is 56.7 Å². The van der Waals surface area contributed by atoms with Crippen LogP contribution in [-0.4, -0.2) is 26.3 Å². The maximum atomic E-state index is 6.08. The Morgan fingerprint density at radius 1 is 0.929 bits per heavy atom. The Kier molecular flexibility index (Phi) is 12.4. The summed E-state index contributed by atoms with van der Waals surface area (Å²) in [5.74, 6) is 1.67. The zero-order valence-corrected chi connectivity index (χ0v) is 18.4. The van der Waals surface area contributed by atoms with Gasteiger partial charge in [0.1, 0.15) is 0 Å². The molecule has 0 spiro atoms. The van der Waals surface area contributed by atoms with Crippen LogP contribution in [0.5, 0.6) is 11.5 Å². The number of unbranched alkanes of at least 4 members (excludes halogenated alkanes) is 1. The predicted molar refractivity (Wildman–Crippen MR) is 113 cm³/mol. The largest absolute Gasteiger partial charge is 1.00 e. The molecule has 2 N–H and O–H groups in total. The summed E-state index contributed by atoms with van der Waals surface area (Å²) < 4.78 is 11.6. The highest BCUT2D eigenvalue weighted by Gasteiger charge is 2.14. The molecule has 3 nitrogen and oxygen atoms in total. The number of rotatable bonds is 13. The van der Waals surface area contributed by atoms with Gasteiger partial charge in [-0.25, -0.2) is 0 Å². The number of hydrogen-bond donors (Lipinski definition) is 1. The second-order valence-electron chi connectivity index (χ2n) is 7.20. The molecule has 0 fully saturated rings. The minimum atomic E-state index is 0. The lowest BCUT2D eigenvalue weighted by molar-refractivity contribution is -0.689. The average Bonchev–Trinajstić information content (AvgIpc) is 2.71. The molecule has 2 aromatic rings. The van der Waals surface area contributed by atoms with Crippen molar-refractivity contribution in [3.05, 3.63) is 59.7 Å². The second-order valence-corrected chi connectivity index (χ2v) is 7.20. The number of hydrogen-bond acceptors (Lipinski definition) is 2. The van der Waals surface area contributed by atoms with Crippen LogP contribution in [0.2, 0.25) is 0 Å². The molecule has 0 saturated heterocycles. The smallest absolute Gasteiger partial charge is 0.161 e. The number of methoxy groups -OCH3 is 1. The van der Waals surface area contributed by atoms with Crippen LogP contribution in [0.3, 0.4) is 0 Å². The standard InChI is InChI=1S/C24H35NO2.ClH/c1-4-6-12-22(25-16-5-2)18-21-13-14-23(26-3)24(19-21)27-17-15-20-10-8-7-9-11-20;/h7-11,13-14,19,22,25H,4-6,12,15-18H2,1-3H3;1H/t22-;/m0./s1. The maximum absolute atomic E-state index is 6.08. The molecule has 0 aromatic heterocycles. The summed E-state index contributed by atoms with van der Waals surface area (Å²) >= 11 is 0. The third kappa shape index (κ3) is 8.53. The molecule has 0 amide bonds. The Morgan fingerprint density at radius 2 is 1.71 bits per heavy atom. The maximum Gasteiger partial charge on any atom is 0.161 e. The monoisotopic (exact) mass is 405 g/mol. The van der Waals surface area contributed by atoms with Gasteiger partial charge in [0.05, 0.1) is 26.3 Å². The van der Waals surface area contributed by atoms with Crippen molar-refractivity contribution in [3.63, 3.8) is 0 Å². The third-order valence-corrected chi connectivity index (χ3v) is 4.93. The zero-order valence-electron chi connectivity index (χ0n) is 17.6. The lowest BCUT2D eigenvalue weighted by Gasteiger charge is -2.17. The minimum Gasteiger partial charge on any atom is -1.00 e. The van der Waals surface area contributed by atoms with Crippen LogP contribution < -0.4 is 27.2 Å². The Balaban J connectivity index is 0.00000392. The van der Waals surface area contributed by atoms with Gasteiger partial charge in [-0.05, 0) is 42.5 Å². The summed E-state index contributed by atoms with van der Waals surface area (Å²) in [5, 5.41) is 2.51. The van der Waals surface area contributed by atoms with Crippen LogP contribution in [-0.2, 0) is 12.8 Å². The SMILES string of the molecule is CCCC[C@@H](Cc1ccc(OC)c(OCCc2ccccc2)c1)[NH2+]CCC.[Cl-]. The molecule has 28 heavy (non-hydrogen) atoms. The van der Waals surface area contributed by atoms with Gasteiger partial charge in [-0.15, -0.1) is 0 Å². The highest BCUT2D eigenvalue weighted by atomic mass is 35.5. The quantitative estimate of drug-likeness (QED) is 0.546. The number of nitrogens with two attached hydrogens (primary N) is 1. The molecule has 4 heteroatoms. The molecule has 0 aliphatic rings. The molecule has 0 unspecified atom stereocenters. The van der Waals surface area contributed by atoms with Gasteiger partial charge in [0.15, 0.2) is 11.5 Å². The van der Waals surface area contributed by atoms with E-state index in [-0.39, 0.29) is 12.4 Å². The van der Waals surface area contributed by atoms with Crippen LogP contribution >= 0.6 is 0 Å². The van der Waals surface area contributed by atoms with E-state index in [1.54, 1.807) is 7.11 Å². The molecular weight excluding hydrogens is 370 g/mol. The van der Waals surface area contributed by atoms with Crippen molar-refractivity contribution in [3.8, 4) is 11.5 Å². The molecule has 0 heterocycles. The lowest BCUT2D eigenvalue weighted by Crippen LogP contribution is -3.00. The number of benzene rings is 2. The molecule has 0 bridgehead atoms. The highest BCUT2D eigenvalue weighted by molar-refractivity contribution is 5.43. The Bertz CT molecular complexity index is 640. The predicted octanol–water partition coefficient (Wildman–Crippen LogP) is 1.40. The van der Waals surface area contributed by atoms with Gasteiger partial charge >= 0.3 is 0 Å². The van der Waals surface area contributed by atoms with Crippen LogP contribution in [0.25, 0.3) is 0 Å². The van der Waals surface area contributed by atoms with Gasteiger partial charge in [0.25, 0.3) is 0 Å². The number of ether oxygens (including phenoxy) is 2. The fourth-order valence-electron chi connectivity index (χ4n) is 3.36. The first-order valence-electron chi connectivity index (χ1n) is 10.4. The average molecular weight is 406 g/mol. The summed E-state index contributed by atoms with van der Waals surface area (Å²) in [4.78, 5) is 0. The molecule has 2 rings (SSSR count). The zero-order chi connectivity index (χ0) is 19.3.